The lowest BCUT2D eigenvalue weighted by Crippen LogP contribution is -2.02. The molecule has 1 aromatic carbocycles. The third-order valence-corrected chi connectivity index (χ3v) is 3.03. The van der Waals surface area contributed by atoms with Crippen molar-refractivity contribution in [2.24, 2.45) is 0 Å². The van der Waals surface area contributed by atoms with Gasteiger partial charge in [0.25, 0.3) is 0 Å². The molecule has 94 valence electrons. The van der Waals surface area contributed by atoms with Crippen LogP contribution in [0.5, 0.6) is 0 Å². The molecule has 4 nitrogen and oxygen atoms in total. The van der Waals surface area contributed by atoms with Gasteiger partial charge in [0.2, 0.25) is 0 Å². The third kappa shape index (κ3) is 2.63. The maximum atomic E-state index is 5.97. The van der Waals surface area contributed by atoms with Gasteiger partial charge in [-0.1, -0.05) is 11.6 Å². The van der Waals surface area contributed by atoms with Crippen molar-refractivity contribution in [2.45, 2.75) is 6.54 Å². The Kier molecular flexibility index (Phi) is 3.25. The number of aromatic nitrogens is 3. The molecular weight excluding hydrogens is 260 g/mol. The van der Waals surface area contributed by atoms with E-state index in [1.54, 1.807) is 12.4 Å². The second kappa shape index (κ2) is 5.20. The number of nitrogens with one attached hydrogen (secondary N) is 1. The summed E-state index contributed by atoms with van der Waals surface area (Å²) in [6, 6.07) is 11.4. The molecule has 0 radical (unpaired) electrons. The Morgan fingerprint density at radius 2 is 2.05 bits per heavy atom. The molecule has 0 aliphatic carbocycles. The van der Waals surface area contributed by atoms with Crippen LogP contribution in [0.15, 0.2) is 48.8 Å². The first-order valence-electron chi connectivity index (χ1n) is 5.88. The predicted molar refractivity (Wildman–Crippen MR) is 76.1 cm³/mol. The van der Waals surface area contributed by atoms with Gasteiger partial charge in [0.1, 0.15) is 0 Å². The largest absolute Gasteiger partial charge is 0.379 e. The Morgan fingerprint density at radius 1 is 1.11 bits per heavy atom. The molecule has 2 heterocycles. The van der Waals surface area contributed by atoms with Gasteiger partial charge in [-0.15, -0.1) is 0 Å². The number of pyridine rings is 1. The fourth-order valence-corrected chi connectivity index (χ4v) is 2.06. The number of rotatable bonds is 3. The van der Waals surface area contributed by atoms with Crippen molar-refractivity contribution in [3.8, 4) is 0 Å². The van der Waals surface area contributed by atoms with E-state index in [9.17, 15) is 0 Å². The predicted octanol–water partition coefficient (Wildman–Crippen LogP) is 3.29. The Morgan fingerprint density at radius 3 is 2.89 bits per heavy atom. The van der Waals surface area contributed by atoms with Gasteiger partial charge in [-0.05, 0) is 36.4 Å². The molecule has 0 atom stereocenters. The first kappa shape index (κ1) is 11.9. The molecular formula is C14H11ClN4. The van der Waals surface area contributed by atoms with Crippen molar-refractivity contribution in [3.05, 3.63) is 59.5 Å². The number of benzene rings is 1. The van der Waals surface area contributed by atoms with E-state index in [1.165, 1.54) is 0 Å². The van der Waals surface area contributed by atoms with Crippen LogP contribution in [0, 0.1) is 0 Å². The quantitative estimate of drug-likeness (QED) is 0.793. The molecule has 0 aliphatic heterocycles. The van der Waals surface area contributed by atoms with E-state index in [1.807, 2.05) is 36.4 Å². The Hall–Kier alpha value is -2.20. The monoisotopic (exact) mass is 270 g/mol. The van der Waals surface area contributed by atoms with Crippen molar-refractivity contribution in [1.82, 2.24) is 15.2 Å². The first-order valence-corrected chi connectivity index (χ1v) is 6.25. The van der Waals surface area contributed by atoms with Crippen LogP contribution < -0.4 is 5.32 Å². The molecule has 0 aliphatic rings. The molecule has 0 saturated carbocycles. The molecule has 0 fully saturated rings. The second-order valence-electron chi connectivity index (χ2n) is 4.09. The minimum absolute atomic E-state index is 0.621. The first-order chi connectivity index (χ1) is 9.33. The lowest BCUT2D eigenvalue weighted by molar-refractivity contribution is 0.925. The summed E-state index contributed by atoms with van der Waals surface area (Å²) in [7, 11) is 0. The minimum atomic E-state index is 0.621. The molecule has 3 aromatic rings. The van der Waals surface area contributed by atoms with Gasteiger partial charge in [0.05, 0.1) is 17.8 Å². The minimum Gasteiger partial charge on any atom is -0.379 e. The van der Waals surface area contributed by atoms with E-state index >= 15 is 0 Å². The van der Waals surface area contributed by atoms with E-state index in [4.69, 9.17) is 11.6 Å². The summed E-state index contributed by atoms with van der Waals surface area (Å²) in [6.07, 6.45) is 3.42. The van der Waals surface area contributed by atoms with Crippen molar-refractivity contribution >= 4 is 28.2 Å². The second-order valence-corrected chi connectivity index (χ2v) is 4.52. The molecule has 0 saturated heterocycles. The highest BCUT2D eigenvalue weighted by atomic mass is 35.5. The third-order valence-electron chi connectivity index (χ3n) is 2.79. The zero-order valence-corrected chi connectivity index (χ0v) is 10.8. The normalized spacial score (nSPS) is 10.6. The van der Waals surface area contributed by atoms with Crippen LogP contribution in [0.3, 0.4) is 0 Å². The maximum absolute atomic E-state index is 5.97. The summed E-state index contributed by atoms with van der Waals surface area (Å²) < 4.78 is 0. The van der Waals surface area contributed by atoms with Crippen molar-refractivity contribution in [3.63, 3.8) is 0 Å². The molecule has 0 unspecified atom stereocenters. The average Bonchev–Trinajstić information content (AvgIpc) is 2.45. The summed E-state index contributed by atoms with van der Waals surface area (Å²) in [4.78, 5) is 4.31. The molecule has 2 aromatic heterocycles. The van der Waals surface area contributed by atoms with E-state index in [0.717, 1.165) is 22.3 Å². The van der Waals surface area contributed by atoms with E-state index in [2.05, 4.69) is 20.5 Å². The van der Waals surface area contributed by atoms with Gasteiger partial charge in [-0.3, -0.25) is 4.98 Å². The molecule has 5 heteroatoms. The zero-order valence-electron chi connectivity index (χ0n) is 10.0. The molecule has 0 bridgehead atoms. The van der Waals surface area contributed by atoms with Crippen LogP contribution >= 0.6 is 11.6 Å². The van der Waals surface area contributed by atoms with Gasteiger partial charge in [0.15, 0.2) is 0 Å². The lowest BCUT2D eigenvalue weighted by Gasteiger charge is -2.08. The highest BCUT2D eigenvalue weighted by Gasteiger charge is 2.02. The standard InChI is InChI=1S/C14H11ClN4/c15-10-3-4-12-13(5-7-16-14(12)8-10)17-9-11-2-1-6-18-19-11/h1-8H,9H2,(H,16,17). The summed E-state index contributed by atoms with van der Waals surface area (Å²) in [5.41, 5.74) is 2.77. The topological polar surface area (TPSA) is 50.7 Å². The smallest absolute Gasteiger partial charge is 0.0821 e. The van der Waals surface area contributed by atoms with Crippen LogP contribution in [-0.2, 0) is 6.54 Å². The summed E-state index contributed by atoms with van der Waals surface area (Å²) in [5.74, 6) is 0. The summed E-state index contributed by atoms with van der Waals surface area (Å²) in [5, 5.41) is 13.0. The van der Waals surface area contributed by atoms with E-state index < -0.39 is 0 Å². The van der Waals surface area contributed by atoms with Gasteiger partial charge >= 0.3 is 0 Å². The highest BCUT2D eigenvalue weighted by molar-refractivity contribution is 6.31. The van der Waals surface area contributed by atoms with Crippen molar-refractivity contribution in [1.29, 1.82) is 0 Å². The van der Waals surface area contributed by atoms with Crippen LogP contribution in [0.2, 0.25) is 5.02 Å². The summed E-state index contributed by atoms with van der Waals surface area (Å²) >= 11 is 5.97. The Balaban J connectivity index is 1.89. The molecule has 1 N–H and O–H groups in total. The molecule has 3 rings (SSSR count). The Labute approximate surface area is 115 Å². The lowest BCUT2D eigenvalue weighted by atomic mass is 10.2. The van der Waals surface area contributed by atoms with Gasteiger partial charge in [-0.25, -0.2) is 0 Å². The number of hydrogen-bond acceptors (Lipinski definition) is 4. The van der Waals surface area contributed by atoms with Crippen LogP contribution in [0.25, 0.3) is 10.9 Å². The van der Waals surface area contributed by atoms with Gasteiger partial charge in [0, 0.05) is 28.5 Å². The number of halogens is 1. The fraction of sp³-hybridized carbons (Fsp3) is 0.0714. The number of fused-ring (bicyclic) bond motifs is 1. The molecule has 19 heavy (non-hydrogen) atoms. The number of nitrogens with zero attached hydrogens (tertiary/aromatic N) is 3. The van der Waals surface area contributed by atoms with E-state index in [-0.39, 0.29) is 0 Å². The SMILES string of the molecule is Clc1ccc2c(NCc3cccnn3)ccnc2c1. The van der Waals surface area contributed by atoms with Gasteiger partial charge < -0.3 is 5.32 Å². The average molecular weight is 271 g/mol. The van der Waals surface area contributed by atoms with Gasteiger partial charge in [-0.2, -0.15) is 10.2 Å². The van der Waals surface area contributed by atoms with Crippen molar-refractivity contribution in [2.75, 3.05) is 5.32 Å². The number of anilines is 1. The Bertz CT molecular complexity index is 700. The maximum Gasteiger partial charge on any atom is 0.0821 e. The van der Waals surface area contributed by atoms with Crippen LogP contribution in [0.4, 0.5) is 5.69 Å². The molecule has 0 spiro atoms. The van der Waals surface area contributed by atoms with Crippen LogP contribution in [-0.4, -0.2) is 15.2 Å². The van der Waals surface area contributed by atoms with Crippen molar-refractivity contribution < 1.29 is 0 Å². The van der Waals surface area contributed by atoms with E-state index in [0.29, 0.717) is 11.6 Å². The summed E-state index contributed by atoms with van der Waals surface area (Å²) in [6.45, 7) is 0.621. The zero-order chi connectivity index (χ0) is 13.1. The highest BCUT2D eigenvalue weighted by Crippen LogP contribution is 2.24. The van der Waals surface area contributed by atoms with Crippen LogP contribution in [0.1, 0.15) is 5.69 Å². The number of hydrogen-bond donors (Lipinski definition) is 1. The molecule has 0 amide bonds. The fourth-order valence-electron chi connectivity index (χ4n) is 1.89.